The Morgan fingerprint density at radius 3 is 1.95 bits per heavy atom. The average molecular weight is 908 g/mol. The summed E-state index contributed by atoms with van der Waals surface area (Å²) in [6, 6.07) is 12.8. The Morgan fingerprint density at radius 1 is 0.831 bits per heavy atom. The number of ether oxygens (including phenoxy) is 2. The number of carbonyl (C=O) groups excluding carboxylic acids is 2. The van der Waals surface area contributed by atoms with Gasteiger partial charge in [0.1, 0.15) is 25.1 Å². The van der Waals surface area contributed by atoms with Gasteiger partial charge in [0.25, 0.3) is 11.8 Å². The number of methoxy groups -OCH3 is 2. The lowest BCUT2D eigenvalue weighted by Gasteiger charge is -2.59. The number of aliphatic carboxylic acids is 1. The standard InChI is InChI=1S/C53H77N5O6Si/c1-34(2)43-32-40(51(60)57(10)25-18-24-56(9)23-15-13-14-16-26-65(35(3)4,36(5)6)37(7)8)21-22-45(43)58-46(49-47(63-11)19-17-20-48(49)64-12)33-44(55-58)50(59)54-53(52(61)62)41-28-38-27-39(30-41)31-42(53)29-38/h17,19-22,32-39,41-42H,13-15,18,23-25,27-31H2,1-12H3,(H,54,59)(H,61,62). The molecule has 0 unspecified atom stereocenters. The lowest BCUT2D eigenvalue weighted by Crippen LogP contribution is -2.70. The minimum atomic E-state index is -1.68. The monoisotopic (exact) mass is 908 g/mol. The van der Waals surface area contributed by atoms with Gasteiger partial charge in [-0.05, 0) is 160 Å². The second-order valence-corrected chi connectivity index (χ2v) is 26.3. The fourth-order valence-corrected chi connectivity index (χ4v) is 17.6. The topological polar surface area (TPSA) is 126 Å². The average Bonchev–Trinajstić information content (AvgIpc) is 3.70. The van der Waals surface area contributed by atoms with E-state index in [1.54, 1.807) is 29.9 Å². The summed E-state index contributed by atoms with van der Waals surface area (Å²) in [7, 11) is 5.50. The number of rotatable bonds is 20. The number of carboxylic acids is 1. The van der Waals surface area contributed by atoms with Crippen molar-refractivity contribution in [2.45, 2.75) is 141 Å². The number of unbranched alkanes of at least 4 members (excludes halogenated alkanes) is 2. The minimum absolute atomic E-state index is 0.0230. The van der Waals surface area contributed by atoms with Crippen LogP contribution in [0.4, 0.5) is 0 Å². The third-order valence-corrected chi connectivity index (χ3v) is 21.8. The Hall–Kier alpha value is -4.60. The van der Waals surface area contributed by atoms with E-state index in [0.29, 0.717) is 69.0 Å². The van der Waals surface area contributed by atoms with Crippen LogP contribution in [0.1, 0.15) is 146 Å². The summed E-state index contributed by atoms with van der Waals surface area (Å²) in [6.45, 7) is 20.8. The van der Waals surface area contributed by atoms with Crippen molar-refractivity contribution in [3.8, 4) is 39.9 Å². The molecule has 354 valence electrons. The van der Waals surface area contributed by atoms with E-state index >= 15 is 0 Å². The number of hydrogen-bond acceptors (Lipinski definition) is 7. The first-order valence-corrected chi connectivity index (χ1v) is 26.6. The SMILES string of the molecule is COc1cccc(OC)c1-c1cc(C(=O)NC2(C(=O)O)C3CC4CC(C3)CC2C4)nn1-c1ccc(C(=O)N(C)CCCN(C)CCCCC#C[Si](C(C)C)(C(C)C)C(C)C)cc1C(C)C. The molecule has 65 heavy (non-hydrogen) atoms. The number of aromatic nitrogens is 2. The van der Waals surface area contributed by atoms with Crippen LogP contribution < -0.4 is 14.8 Å². The van der Waals surface area contributed by atoms with E-state index in [1.807, 2.05) is 43.4 Å². The molecule has 2 N–H and O–H groups in total. The van der Waals surface area contributed by atoms with Crippen molar-refractivity contribution in [3.05, 3.63) is 59.3 Å². The molecule has 2 amide bonds. The molecule has 4 fully saturated rings. The highest BCUT2D eigenvalue weighted by Gasteiger charge is 2.62. The Morgan fingerprint density at radius 2 is 1.42 bits per heavy atom. The molecule has 1 aromatic heterocycles. The van der Waals surface area contributed by atoms with Gasteiger partial charge in [-0.15, -0.1) is 11.5 Å². The fourth-order valence-electron chi connectivity index (χ4n) is 12.3. The van der Waals surface area contributed by atoms with Crippen LogP contribution in [0.15, 0.2) is 42.5 Å². The van der Waals surface area contributed by atoms with Crippen LogP contribution in [0.2, 0.25) is 16.6 Å². The summed E-state index contributed by atoms with van der Waals surface area (Å²) in [4.78, 5) is 45.8. The minimum Gasteiger partial charge on any atom is -0.496 e. The number of carbonyl (C=O) groups is 3. The Kier molecular flexibility index (Phi) is 16.0. The van der Waals surface area contributed by atoms with Gasteiger partial charge < -0.3 is 29.7 Å². The van der Waals surface area contributed by atoms with Crippen molar-refractivity contribution in [2.24, 2.45) is 23.7 Å². The van der Waals surface area contributed by atoms with E-state index in [2.05, 4.69) is 84.1 Å². The van der Waals surface area contributed by atoms with Gasteiger partial charge in [-0.25, -0.2) is 9.48 Å². The van der Waals surface area contributed by atoms with Crippen molar-refractivity contribution in [1.82, 2.24) is 24.9 Å². The Bertz CT molecular complexity index is 2160. The molecule has 0 spiro atoms. The molecule has 3 aromatic rings. The van der Waals surface area contributed by atoms with E-state index in [1.165, 1.54) is 0 Å². The maximum absolute atomic E-state index is 14.5. The molecule has 0 aliphatic heterocycles. The molecule has 4 aliphatic carbocycles. The molecule has 4 aliphatic rings. The van der Waals surface area contributed by atoms with Crippen molar-refractivity contribution in [3.63, 3.8) is 0 Å². The highest BCUT2D eigenvalue weighted by Crippen LogP contribution is 2.58. The van der Waals surface area contributed by atoms with E-state index in [0.717, 1.165) is 76.4 Å². The first-order chi connectivity index (χ1) is 30.9. The third kappa shape index (κ3) is 10.1. The van der Waals surface area contributed by atoms with Crippen LogP contribution in [0.25, 0.3) is 16.9 Å². The van der Waals surface area contributed by atoms with Gasteiger partial charge >= 0.3 is 5.97 Å². The molecule has 11 nitrogen and oxygen atoms in total. The third-order valence-electron chi connectivity index (χ3n) is 15.5. The van der Waals surface area contributed by atoms with Crippen molar-refractivity contribution in [2.75, 3.05) is 47.9 Å². The van der Waals surface area contributed by atoms with Gasteiger partial charge in [0.15, 0.2) is 5.69 Å². The zero-order valence-electron chi connectivity index (χ0n) is 41.4. The van der Waals surface area contributed by atoms with Gasteiger partial charge in [-0.3, -0.25) is 9.59 Å². The zero-order chi connectivity index (χ0) is 47.4. The van der Waals surface area contributed by atoms with Crippen LogP contribution in [-0.2, 0) is 4.79 Å². The summed E-state index contributed by atoms with van der Waals surface area (Å²) in [5.74, 6) is 3.92. The molecule has 0 radical (unpaired) electrons. The quantitative estimate of drug-likeness (QED) is 0.0652. The molecular formula is C53H77N5O6Si. The summed E-state index contributed by atoms with van der Waals surface area (Å²) >= 11 is 0. The van der Waals surface area contributed by atoms with Crippen LogP contribution in [0.3, 0.4) is 0 Å². The predicted molar refractivity (Wildman–Crippen MR) is 263 cm³/mol. The summed E-state index contributed by atoms with van der Waals surface area (Å²) < 4.78 is 13.4. The summed E-state index contributed by atoms with van der Waals surface area (Å²) in [6.07, 6.45) is 8.44. The van der Waals surface area contributed by atoms with E-state index in [4.69, 9.17) is 14.6 Å². The van der Waals surface area contributed by atoms with Gasteiger partial charge in [0, 0.05) is 25.6 Å². The molecule has 2 aromatic carbocycles. The normalized spacial score (nSPS) is 21.3. The van der Waals surface area contributed by atoms with Crippen molar-refractivity contribution < 1.29 is 29.0 Å². The highest BCUT2D eigenvalue weighted by atomic mass is 28.3. The first-order valence-electron chi connectivity index (χ1n) is 24.3. The van der Waals surface area contributed by atoms with Crippen LogP contribution in [-0.4, -0.2) is 104 Å². The Labute approximate surface area is 390 Å². The molecule has 1 heterocycles. The smallest absolute Gasteiger partial charge is 0.330 e. The van der Waals surface area contributed by atoms with Crippen molar-refractivity contribution >= 4 is 25.9 Å². The van der Waals surface area contributed by atoms with Crippen LogP contribution >= 0.6 is 0 Å². The van der Waals surface area contributed by atoms with Crippen molar-refractivity contribution in [1.29, 1.82) is 0 Å². The molecule has 0 atom stereocenters. The van der Waals surface area contributed by atoms with Gasteiger partial charge in [-0.1, -0.05) is 61.5 Å². The number of amides is 2. The highest BCUT2D eigenvalue weighted by molar-refractivity contribution is 6.90. The number of benzene rings is 2. The molecule has 7 rings (SSSR count). The van der Waals surface area contributed by atoms with Gasteiger partial charge in [0.05, 0.1) is 31.2 Å². The second-order valence-electron chi connectivity index (χ2n) is 20.8. The van der Waals surface area contributed by atoms with E-state index in [-0.39, 0.29) is 29.4 Å². The zero-order valence-corrected chi connectivity index (χ0v) is 42.4. The largest absolute Gasteiger partial charge is 0.496 e. The molecule has 0 saturated heterocycles. The molecule has 4 bridgehead atoms. The number of nitrogens with zero attached hydrogens (tertiary/aromatic N) is 4. The maximum Gasteiger partial charge on any atom is 0.330 e. The Balaban J connectivity index is 1.18. The number of nitrogens with one attached hydrogen (secondary N) is 1. The maximum atomic E-state index is 14.5. The van der Waals surface area contributed by atoms with E-state index in [9.17, 15) is 19.5 Å². The van der Waals surface area contributed by atoms with Gasteiger partial charge in [0.2, 0.25) is 0 Å². The van der Waals surface area contributed by atoms with Gasteiger partial charge in [-0.2, -0.15) is 5.10 Å². The molecule has 12 heteroatoms. The van der Waals surface area contributed by atoms with E-state index < -0.39 is 25.5 Å². The summed E-state index contributed by atoms with van der Waals surface area (Å²) in [5, 5.41) is 18.9. The van der Waals surface area contributed by atoms with Crippen LogP contribution in [0.5, 0.6) is 11.5 Å². The number of carboxylic acid groups (broad SMARTS) is 1. The lowest BCUT2D eigenvalue weighted by atomic mass is 9.48. The first kappa shape index (κ1) is 49.8. The summed E-state index contributed by atoms with van der Waals surface area (Å²) in [5.41, 5.74) is 7.84. The second kappa shape index (κ2) is 20.9. The fraction of sp³-hybridized carbons (Fsp3) is 0.623. The van der Waals surface area contributed by atoms with Crippen LogP contribution in [0, 0.1) is 35.1 Å². The number of hydrogen-bond donors (Lipinski definition) is 2. The molecule has 4 saturated carbocycles. The lowest BCUT2D eigenvalue weighted by molar-refractivity contribution is -0.163. The predicted octanol–water partition coefficient (Wildman–Crippen LogP) is 10.5. The molecular weight excluding hydrogens is 831 g/mol.